The number of amides is 2. The number of hydrogen-bond donors (Lipinski definition) is 2. The number of methoxy groups -OCH3 is 2. The molecule has 1 aromatic heterocycles. The van der Waals surface area contributed by atoms with Crippen molar-refractivity contribution in [3.8, 4) is 11.5 Å². The summed E-state index contributed by atoms with van der Waals surface area (Å²) in [5, 5.41) is 10.3. The molecular weight excluding hydrogens is 332 g/mol. The van der Waals surface area contributed by atoms with Crippen LogP contribution in [0, 0.1) is 0 Å². The van der Waals surface area contributed by atoms with Gasteiger partial charge in [0.25, 0.3) is 0 Å². The number of nitrogens with one attached hydrogen (secondary N) is 2. The molecule has 0 bridgehead atoms. The van der Waals surface area contributed by atoms with Crippen molar-refractivity contribution in [2.24, 2.45) is 7.05 Å². The third-order valence-electron chi connectivity index (χ3n) is 4.85. The molecule has 7 nitrogen and oxygen atoms in total. The van der Waals surface area contributed by atoms with Crippen molar-refractivity contribution in [3.63, 3.8) is 0 Å². The van der Waals surface area contributed by atoms with Crippen molar-refractivity contribution >= 4 is 6.03 Å². The minimum Gasteiger partial charge on any atom is -0.497 e. The second-order valence-corrected chi connectivity index (χ2v) is 6.44. The normalized spacial score (nSPS) is 15.9. The molecule has 2 N–H and O–H groups in total. The zero-order chi connectivity index (χ0) is 18.5. The van der Waals surface area contributed by atoms with Crippen molar-refractivity contribution in [2.45, 2.75) is 31.7 Å². The van der Waals surface area contributed by atoms with Crippen LogP contribution in [-0.4, -0.2) is 36.6 Å². The highest BCUT2D eigenvalue weighted by Crippen LogP contribution is 2.29. The molecule has 0 radical (unpaired) electrons. The van der Waals surface area contributed by atoms with Crippen LogP contribution in [0.4, 0.5) is 4.79 Å². The second kappa shape index (κ2) is 8.12. The summed E-state index contributed by atoms with van der Waals surface area (Å²) < 4.78 is 12.5. The van der Waals surface area contributed by atoms with Gasteiger partial charge < -0.3 is 20.1 Å². The third kappa shape index (κ3) is 3.92. The van der Waals surface area contributed by atoms with E-state index in [1.807, 2.05) is 36.1 Å². The lowest BCUT2D eigenvalue weighted by Gasteiger charge is -2.24. The van der Waals surface area contributed by atoms with Gasteiger partial charge in [0.1, 0.15) is 11.5 Å². The molecule has 0 spiro atoms. The Morgan fingerprint density at radius 3 is 2.96 bits per heavy atom. The first-order chi connectivity index (χ1) is 12.6. The van der Waals surface area contributed by atoms with Crippen molar-refractivity contribution < 1.29 is 14.3 Å². The van der Waals surface area contributed by atoms with Gasteiger partial charge in [0.2, 0.25) is 0 Å². The molecule has 26 heavy (non-hydrogen) atoms. The number of aromatic nitrogens is 2. The predicted octanol–water partition coefficient (Wildman–Crippen LogP) is 2.36. The lowest BCUT2D eigenvalue weighted by Crippen LogP contribution is -2.39. The number of nitrogens with zero attached hydrogens (tertiary/aromatic N) is 2. The summed E-state index contributed by atoms with van der Waals surface area (Å²) in [6.07, 6.45) is 5.53. The zero-order valence-electron chi connectivity index (χ0n) is 15.5. The Morgan fingerprint density at radius 2 is 2.19 bits per heavy atom. The van der Waals surface area contributed by atoms with Gasteiger partial charge in [-0.1, -0.05) is 0 Å². The number of urea groups is 1. The van der Waals surface area contributed by atoms with Crippen LogP contribution in [0.2, 0.25) is 0 Å². The minimum absolute atomic E-state index is 0.0267. The Kier molecular flexibility index (Phi) is 5.65. The van der Waals surface area contributed by atoms with E-state index in [4.69, 9.17) is 9.47 Å². The van der Waals surface area contributed by atoms with E-state index in [-0.39, 0.29) is 12.1 Å². The van der Waals surface area contributed by atoms with Gasteiger partial charge in [-0.15, -0.1) is 0 Å². The molecule has 0 unspecified atom stereocenters. The smallest absolute Gasteiger partial charge is 0.315 e. The van der Waals surface area contributed by atoms with Crippen molar-refractivity contribution in [3.05, 3.63) is 41.2 Å². The monoisotopic (exact) mass is 358 g/mol. The van der Waals surface area contributed by atoms with Crippen LogP contribution >= 0.6 is 0 Å². The standard InChI is InChI=1S/C19H26N4O3/c1-23-17-6-4-5-16(15(17)12-21-23)22-19(24)20-10-9-13-11-14(25-2)7-8-18(13)26-3/h7-8,11-12,16H,4-6,9-10H2,1-3H3,(H2,20,22,24)/t16-/m1/s1. The first kappa shape index (κ1) is 18.1. The van der Waals surface area contributed by atoms with E-state index in [0.717, 1.165) is 41.9 Å². The van der Waals surface area contributed by atoms with E-state index < -0.39 is 0 Å². The number of rotatable bonds is 6. The maximum absolute atomic E-state index is 12.3. The summed E-state index contributed by atoms with van der Waals surface area (Å²) >= 11 is 0. The van der Waals surface area contributed by atoms with Crippen molar-refractivity contribution in [1.29, 1.82) is 0 Å². The summed E-state index contributed by atoms with van der Waals surface area (Å²) in [6.45, 7) is 0.516. The van der Waals surface area contributed by atoms with Crippen LogP contribution in [-0.2, 0) is 19.9 Å². The van der Waals surface area contributed by atoms with Crippen LogP contribution in [0.1, 0.15) is 35.7 Å². The van der Waals surface area contributed by atoms with Gasteiger partial charge in [-0.3, -0.25) is 4.68 Å². The average Bonchev–Trinajstić information content (AvgIpc) is 3.04. The lowest BCUT2D eigenvalue weighted by molar-refractivity contribution is 0.235. The predicted molar refractivity (Wildman–Crippen MR) is 98.7 cm³/mol. The van der Waals surface area contributed by atoms with Crippen LogP contribution in [0.25, 0.3) is 0 Å². The van der Waals surface area contributed by atoms with Crippen LogP contribution in [0.15, 0.2) is 24.4 Å². The molecule has 1 heterocycles. The highest BCUT2D eigenvalue weighted by atomic mass is 16.5. The molecule has 3 rings (SSSR count). The highest BCUT2D eigenvalue weighted by Gasteiger charge is 2.24. The molecule has 0 saturated heterocycles. The molecule has 0 aliphatic heterocycles. The first-order valence-corrected chi connectivity index (χ1v) is 8.88. The molecule has 1 aliphatic rings. The van der Waals surface area contributed by atoms with Crippen molar-refractivity contribution in [1.82, 2.24) is 20.4 Å². The largest absolute Gasteiger partial charge is 0.497 e. The molecular formula is C19H26N4O3. The van der Waals surface area contributed by atoms with Gasteiger partial charge in [0.15, 0.2) is 0 Å². The number of carbonyl (C=O) groups is 1. The second-order valence-electron chi connectivity index (χ2n) is 6.44. The molecule has 2 aromatic rings. The van der Waals surface area contributed by atoms with E-state index in [0.29, 0.717) is 13.0 Å². The molecule has 1 aromatic carbocycles. The number of benzene rings is 1. The fraction of sp³-hybridized carbons (Fsp3) is 0.474. The summed E-state index contributed by atoms with van der Waals surface area (Å²) in [4.78, 5) is 12.3. The van der Waals surface area contributed by atoms with Crippen LogP contribution < -0.4 is 20.1 Å². The molecule has 140 valence electrons. The van der Waals surface area contributed by atoms with E-state index in [9.17, 15) is 4.79 Å². The molecule has 1 aliphatic carbocycles. The molecule has 1 atom stereocenters. The van der Waals surface area contributed by atoms with Gasteiger partial charge in [0, 0.05) is 24.8 Å². The average molecular weight is 358 g/mol. The maximum Gasteiger partial charge on any atom is 0.315 e. The number of aryl methyl sites for hydroxylation is 1. The van der Waals surface area contributed by atoms with Crippen molar-refractivity contribution in [2.75, 3.05) is 20.8 Å². The Morgan fingerprint density at radius 1 is 1.35 bits per heavy atom. The van der Waals surface area contributed by atoms with Gasteiger partial charge in [-0.25, -0.2) is 4.79 Å². The SMILES string of the molecule is COc1ccc(OC)c(CCNC(=O)N[C@@H]2CCCc3c2cnn3C)c1. The lowest BCUT2D eigenvalue weighted by atomic mass is 9.93. The Labute approximate surface area is 153 Å². The summed E-state index contributed by atoms with van der Waals surface area (Å²) in [7, 11) is 5.22. The first-order valence-electron chi connectivity index (χ1n) is 8.88. The van der Waals surface area contributed by atoms with E-state index >= 15 is 0 Å². The number of ether oxygens (including phenoxy) is 2. The summed E-state index contributed by atoms with van der Waals surface area (Å²) in [5.41, 5.74) is 3.34. The molecule has 7 heteroatoms. The number of hydrogen-bond acceptors (Lipinski definition) is 4. The van der Waals surface area contributed by atoms with Crippen LogP contribution in [0.5, 0.6) is 11.5 Å². The van der Waals surface area contributed by atoms with E-state index in [1.54, 1.807) is 14.2 Å². The summed E-state index contributed by atoms with van der Waals surface area (Å²) in [6, 6.07) is 5.53. The quantitative estimate of drug-likeness (QED) is 0.831. The Hall–Kier alpha value is -2.70. The fourth-order valence-electron chi connectivity index (χ4n) is 3.45. The molecule has 0 saturated carbocycles. The van der Waals surface area contributed by atoms with Gasteiger partial charge in [-0.05, 0) is 49.4 Å². The van der Waals surface area contributed by atoms with Gasteiger partial charge in [0.05, 0.1) is 26.5 Å². The topological polar surface area (TPSA) is 77.4 Å². The van der Waals surface area contributed by atoms with Crippen LogP contribution in [0.3, 0.4) is 0 Å². The fourth-order valence-corrected chi connectivity index (χ4v) is 3.45. The highest BCUT2D eigenvalue weighted by molar-refractivity contribution is 5.74. The van der Waals surface area contributed by atoms with Gasteiger partial charge >= 0.3 is 6.03 Å². The van der Waals surface area contributed by atoms with E-state index in [1.165, 1.54) is 5.69 Å². The summed E-state index contributed by atoms with van der Waals surface area (Å²) in [5.74, 6) is 1.57. The van der Waals surface area contributed by atoms with E-state index in [2.05, 4.69) is 15.7 Å². The Balaban J connectivity index is 1.54. The number of carbonyl (C=O) groups excluding carboxylic acids is 1. The third-order valence-corrected chi connectivity index (χ3v) is 4.85. The molecule has 0 fully saturated rings. The van der Waals surface area contributed by atoms with Gasteiger partial charge in [-0.2, -0.15) is 5.10 Å². The minimum atomic E-state index is -0.159. The molecule has 2 amide bonds. The zero-order valence-corrected chi connectivity index (χ0v) is 15.5. The Bertz CT molecular complexity index is 772. The maximum atomic E-state index is 12.3. The number of fused-ring (bicyclic) bond motifs is 1.